The van der Waals surface area contributed by atoms with E-state index in [2.05, 4.69) is 20.9 Å². The number of fused-ring (bicyclic) bond motifs is 1. The van der Waals surface area contributed by atoms with E-state index in [-0.39, 0.29) is 5.56 Å². The van der Waals surface area contributed by atoms with Gasteiger partial charge in [0, 0.05) is 34.3 Å². The van der Waals surface area contributed by atoms with Crippen LogP contribution in [0.3, 0.4) is 0 Å². The molecule has 4 rings (SSSR count). The molecule has 0 aliphatic rings. The molecule has 2 aromatic carbocycles. The van der Waals surface area contributed by atoms with Gasteiger partial charge in [0.25, 0.3) is 5.56 Å². The zero-order valence-corrected chi connectivity index (χ0v) is 15.0. The molecule has 0 aliphatic carbocycles. The van der Waals surface area contributed by atoms with E-state index in [1.54, 1.807) is 22.3 Å². The predicted molar refractivity (Wildman–Crippen MR) is 100 cm³/mol. The molecule has 0 unspecified atom stereocenters. The van der Waals surface area contributed by atoms with Gasteiger partial charge in [0.2, 0.25) is 5.65 Å². The summed E-state index contributed by atoms with van der Waals surface area (Å²) in [7, 11) is 1.62. The summed E-state index contributed by atoms with van der Waals surface area (Å²) in [5.41, 5.74) is 2.63. The minimum absolute atomic E-state index is 0.168. The lowest BCUT2D eigenvalue weighted by atomic mass is 10.1. The second kappa shape index (κ2) is 6.22. The maximum Gasteiger partial charge on any atom is 0.298 e. The molecule has 0 atom stereocenters. The van der Waals surface area contributed by atoms with Gasteiger partial charge in [0.05, 0.1) is 12.8 Å². The van der Waals surface area contributed by atoms with Crippen molar-refractivity contribution in [2.75, 3.05) is 7.11 Å². The first-order chi connectivity index (χ1) is 12.2. The minimum atomic E-state index is -0.168. The highest BCUT2D eigenvalue weighted by Crippen LogP contribution is 2.23. The third-order valence-electron chi connectivity index (χ3n) is 3.99. The molecular weight excluding hydrogens is 382 g/mol. The SMILES string of the molecule is COc1cccc(-c2cn3ccn(-c4ccc(Br)cc4)c(=O)c3n2)c1. The fourth-order valence-electron chi connectivity index (χ4n) is 2.71. The van der Waals surface area contributed by atoms with Crippen LogP contribution in [0.2, 0.25) is 0 Å². The number of hydrogen-bond acceptors (Lipinski definition) is 3. The molecule has 0 spiro atoms. The molecule has 2 heterocycles. The maximum atomic E-state index is 12.8. The Labute approximate surface area is 152 Å². The summed E-state index contributed by atoms with van der Waals surface area (Å²) in [5.74, 6) is 0.752. The monoisotopic (exact) mass is 395 g/mol. The van der Waals surface area contributed by atoms with E-state index in [0.29, 0.717) is 5.65 Å². The number of nitrogens with zero attached hydrogens (tertiary/aromatic N) is 3. The largest absolute Gasteiger partial charge is 0.497 e. The predicted octanol–water partition coefficient (Wildman–Crippen LogP) is 3.92. The van der Waals surface area contributed by atoms with Gasteiger partial charge in [-0.05, 0) is 36.4 Å². The van der Waals surface area contributed by atoms with Crippen molar-refractivity contribution in [2.24, 2.45) is 0 Å². The van der Waals surface area contributed by atoms with Gasteiger partial charge in [0.15, 0.2) is 0 Å². The molecule has 0 amide bonds. The third kappa shape index (κ3) is 2.85. The van der Waals surface area contributed by atoms with Crippen LogP contribution in [0.25, 0.3) is 22.6 Å². The molecule has 0 saturated heterocycles. The molecule has 2 aromatic heterocycles. The average Bonchev–Trinajstić information content (AvgIpc) is 3.08. The van der Waals surface area contributed by atoms with Crippen LogP contribution in [0, 0.1) is 0 Å². The Morgan fingerprint density at radius 3 is 2.64 bits per heavy atom. The maximum absolute atomic E-state index is 12.8. The van der Waals surface area contributed by atoms with Crippen molar-refractivity contribution >= 4 is 21.6 Å². The fraction of sp³-hybridized carbons (Fsp3) is 0.0526. The summed E-state index contributed by atoms with van der Waals surface area (Å²) in [5, 5.41) is 0. The molecule has 6 heteroatoms. The van der Waals surface area contributed by atoms with Crippen LogP contribution < -0.4 is 10.3 Å². The molecule has 0 N–H and O–H groups in total. The van der Waals surface area contributed by atoms with Crippen molar-refractivity contribution in [3.63, 3.8) is 0 Å². The lowest BCUT2D eigenvalue weighted by Gasteiger charge is -2.05. The summed E-state index contributed by atoms with van der Waals surface area (Å²) in [6.07, 6.45) is 5.42. The van der Waals surface area contributed by atoms with Crippen molar-refractivity contribution in [1.29, 1.82) is 0 Å². The summed E-state index contributed by atoms with van der Waals surface area (Å²) < 4.78 is 9.55. The molecular formula is C19H14BrN3O2. The second-order valence-electron chi connectivity index (χ2n) is 5.54. The first-order valence-electron chi connectivity index (χ1n) is 7.66. The van der Waals surface area contributed by atoms with E-state index in [9.17, 15) is 4.79 Å². The quantitative estimate of drug-likeness (QED) is 0.528. The Hall–Kier alpha value is -2.86. The number of halogens is 1. The topological polar surface area (TPSA) is 48.5 Å². The van der Waals surface area contributed by atoms with E-state index in [1.807, 2.05) is 60.9 Å². The molecule has 25 heavy (non-hydrogen) atoms. The zero-order valence-electron chi connectivity index (χ0n) is 13.4. The number of ether oxygens (including phenoxy) is 1. The number of methoxy groups -OCH3 is 1. The van der Waals surface area contributed by atoms with Gasteiger partial charge in [-0.3, -0.25) is 9.36 Å². The number of aromatic nitrogens is 3. The molecule has 0 bridgehead atoms. The van der Waals surface area contributed by atoms with Gasteiger partial charge in [-0.25, -0.2) is 4.98 Å². The minimum Gasteiger partial charge on any atom is -0.497 e. The summed E-state index contributed by atoms with van der Waals surface area (Å²) in [6, 6.07) is 15.2. The van der Waals surface area contributed by atoms with E-state index < -0.39 is 0 Å². The van der Waals surface area contributed by atoms with Crippen LogP contribution >= 0.6 is 15.9 Å². The molecule has 0 radical (unpaired) electrons. The van der Waals surface area contributed by atoms with E-state index >= 15 is 0 Å². The molecule has 0 saturated carbocycles. The van der Waals surface area contributed by atoms with Gasteiger partial charge < -0.3 is 9.14 Å². The standard InChI is InChI=1S/C19H14BrN3O2/c1-25-16-4-2-3-13(11-16)17-12-22-9-10-23(19(24)18(22)21-17)15-7-5-14(20)6-8-15/h2-12H,1H3. The first-order valence-corrected chi connectivity index (χ1v) is 8.46. The zero-order chi connectivity index (χ0) is 17.4. The van der Waals surface area contributed by atoms with Crippen LogP contribution in [0.5, 0.6) is 5.75 Å². The van der Waals surface area contributed by atoms with Crippen molar-refractivity contribution in [3.05, 3.63) is 81.9 Å². The normalized spacial score (nSPS) is 11.0. The van der Waals surface area contributed by atoms with Gasteiger partial charge in [-0.1, -0.05) is 28.1 Å². The highest BCUT2D eigenvalue weighted by Gasteiger charge is 2.10. The Balaban J connectivity index is 1.85. The number of benzene rings is 2. The molecule has 4 aromatic rings. The highest BCUT2D eigenvalue weighted by atomic mass is 79.9. The molecule has 0 fully saturated rings. The number of rotatable bonds is 3. The van der Waals surface area contributed by atoms with Gasteiger partial charge in [-0.2, -0.15) is 0 Å². The van der Waals surface area contributed by atoms with Crippen molar-refractivity contribution in [2.45, 2.75) is 0 Å². The van der Waals surface area contributed by atoms with Crippen molar-refractivity contribution in [3.8, 4) is 22.7 Å². The van der Waals surface area contributed by atoms with Gasteiger partial charge >= 0.3 is 0 Å². The Morgan fingerprint density at radius 1 is 1.08 bits per heavy atom. The first kappa shape index (κ1) is 15.7. The molecule has 124 valence electrons. The average molecular weight is 396 g/mol. The van der Waals surface area contributed by atoms with Crippen LogP contribution in [0.15, 0.2) is 76.4 Å². The van der Waals surface area contributed by atoms with Crippen LogP contribution in [0.1, 0.15) is 0 Å². The highest BCUT2D eigenvalue weighted by molar-refractivity contribution is 9.10. The van der Waals surface area contributed by atoms with Gasteiger partial charge in [0.1, 0.15) is 5.75 Å². The van der Waals surface area contributed by atoms with Crippen LogP contribution in [0.4, 0.5) is 0 Å². The van der Waals surface area contributed by atoms with Gasteiger partial charge in [-0.15, -0.1) is 0 Å². The van der Waals surface area contributed by atoms with E-state index in [0.717, 1.165) is 27.2 Å². The molecule has 0 aliphatic heterocycles. The Kier molecular flexibility index (Phi) is 3.89. The lowest BCUT2D eigenvalue weighted by Crippen LogP contribution is -2.19. The Morgan fingerprint density at radius 2 is 1.88 bits per heavy atom. The van der Waals surface area contributed by atoms with E-state index in [4.69, 9.17) is 4.74 Å². The molecule has 5 nitrogen and oxygen atoms in total. The third-order valence-corrected chi connectivity index (χ3v) is 4.52. The number of hydrogen-bond donors (Lipinski definition) is 0. The van der Waals surface area contributed by atoms with E-state index in [1.165, 1.54) is 0 Å². The fourth-order valence-corrected chi connectivity index (χ4v) is 2.97. The summed E-state index contributed by atoms with van der Waals surface area (Å²) >= 11 is 3.40. The Bertz CT molecular complexity index is 1110. The van der Waals surface area contributed by atoms with Crippen molar-refractivity contribution < 1.29 is 4.74 Å². The smallest absolute Gasteiger partial charge is 0.298 e. The second-order valence-corrected chi connectivity index (χ2v) is 6.45. The van der Waals surface area contributed by atoms with Crippen LogP contribution in [-0.4, -0.2) is 21.1 Å². The summed E-state index contributed by atoms with van der Waals surface area (Å²) in [4.78, 5) is 17.4. The van der Waals surface area contributed by atoms with Crippen molar-refractivity contribution in [1.82, 2.24) is 14.0 Å². The number of imidazole rings is 1. The summed E-state index contributed by atoms with van der Waals surface area (Å²) in [6.45, 7) is 0. The lowest BCUT2D eigenvalue weighted by molar-refractivity contribution is 0.415. The van der Waals surface area contributed by atoms with Crippen LogP contribution in [-0.2, 0) is 0 Å².